The Bertz CT molecular complexity index is 1200. The normalized spacial score (nSPS) is 19.1. The van der Waals surface area contributed by atoms with Crippen molar-refractivity contribution < 1.29 is 4.42 Å². The van der Waals surface area contributed by atoms with Gasteiger partial charge in [0.05, 0.1) is 24.3 Å². The van der Waals surface area contributed by atoms with Crippen LogP contribution in [0.3, 0.4) is 0 Å². The van der Waals surface area contributed by atoms with Crippen LogP contribution in [-0.2, 0) is 5.41 Å². The third-order valence-corrected chi connectivity index (χ3v) is 6.44. The number of hydrogen-bond acceptors (Lipinski definition) is 3. The van der Waals surface area contributed by atoms with Gasteiger partial charge in [-0.25, -0.2) is 4.99 Å². The summed E-state index contributed by atoms with van der Waals surface area (Å²) in [5, 5.41) is 0. The molecule has 3 nitrogen and oxygen atoms in total. The van der Waals surface area contributed by atoms with Gasteiger partial charge in [0.2, 0.25) is 0 Å². The molecular weight excluding hydrogens is 380 g/mol. The van der Waals surface area contributed by atoms with Gasteiger partial charge in [0, 0.05) is 12.1 Å². The van der Waals surface area contributed by atoms with Crippen molar-refractivity contribution in [1.82, 2.24) is 4.90 Å². The maximum Gasteiger partial charge on any atom is 0.123 e. The first kappa shape index (κ1) is 18.0. The Balaban J connectivity index is 1.60. The highest BCUT2D eigenvalue weighted by molar-refractivity contribution is 6.07. The Kier molecular flexibility index (Phi) is 4.13. The molecule has 3 heterocycles. The molecule has 0 radical (unpaired) electrons. The van der Waals surface area contributed by atoms with E-state index in [4.69, 9.17) is 9.41 Å². The smallest absolute Gasteiger partial charge is 0.123 e. The average molecular weight is 402 g/mol. The van der Waals surface area contributed by atoms with Crippen molar-refractivity contribution in [2.24, 2.45) is 4.99 Å². The minimum absolute atomic E-state index is 0.114. The van der Waals surface area contributed by atoms with Crippen LogP contribution in [0.2, 0.25) is 0 Å². The predicted octanol–water partition coefficient (Wildman–Crippen LogP) is 6.08. The van der Waals surface area contributed by atoms with Crippen molar-refractivity contribution in [3.8, 4) is 0 Å². The SMILES string of the molecule is C1=C(c2ccccc2)N=C2N(C1)C(c1ccoc1)C2(c1ccccc1)c1ccccc1. The summed E-state index contributed by atoms with van der Waals surface area (Å²) in [5.41, 5.74) is 5.47. The lowest BCUT2D eigenvalue weighted by atomic mass is 9.59. The van der Waals surface area contributed by atoms with E-state index >= 15 is 0 Å². The lowest BCUT2D eigenvalue weighted by molar-refractivity contribution is 0.182. The van der Waals surface area contributed by atoms with Crippen LogP contribution in [0.5, 0.6) is 0 Å². The van der Waals surface area contributed by atoms with Gasteiger partial charge in [0.15, 0.2) is 0 Å². The van der Waals surface area contributed by atoms with E-state index in [1.165, 1.54) is 16.7 Å². The average Bonchev–Trinajstić information content (AvgIpc) is 3.36. The molecule has 3 heteroatoms. The summed E-state index contributed by atoms with van der Waals surface area (Å²) in [6.07, 6.45) is 5.87. The number of rotatable bonds is 4. The van der Waals surface area contributed by atoms with Crippen LogP contribution in [0.1, 0.15) is 28.3 Å². The Morgan fingerprint density at radius 1 is 0.774 bits per heavy atom. The van der Waals surface area contributed by atoms with Gasteiger partial charge in [-0.05, 0) is 28.8 Å². The second-order valence-electron chi connectivity index (χ2n) is 8.04. The third kappa shape index (κ3) is 2.63. The minimum Gasteiger partial charge on any atom is -0.472 e. The molecule has 0 bridgehead atoms. The molecule has 0 spiro atoms. The second-order valence-corrected chi connectivity index (χ2v) is 8.04. The van der Waals surface area contributed by atoms with Crippen LogP contribution in [0.4, 0.5) is 0 Å². The van der Waals surface area contributed by atoms with Crippen LogP contribution >= 0.6 is 0 Å². The predicted molar refractivity (Wildman–Crippen MR) is 124 cm³/mol. The standard InChI is InChI=1S/C28H22N2O/c1-4-10-21(11-5-1)25-16-18-30-26(22-17-19-31-20-22)28(27(30)29-25,23-12-6-2-7-13-23)24-14-8-3-9-15-24/h1-17,19-20,26H,18H2. The van der Waals surface area contributed by atoms with Gasteiger partial charge in [-0.3, -0.25) is 0 Å². The van der Waals surface area contributed by atoms with E-state index in [2.05, 4.69) is 102 Å². The quantitative estimate of drug-likeness (QED) is 0.414. The number of fused-ring (bicyclic) bond motifs is 1. The van der Waals surface area contributed by atoms with Gasteiger partial charge in [-0.1, -0.05) is 91.0 Å². The molecular formula is C28H22N2O. The van der Waals surface area contributed by atoms with Crippen molar-refractivity contribution >= 4 is 11.5 Å². The Morgan fingerprint density at radius 2 is 1.39 bits per heavy atom. The molecule has 0 aliphatic carbocycles. The van der Waals surface area contributed by atoms with E-state index in [0.29, 0.717) is 0 Å². The van der Waals surface area contributed by atoms with Crippen LogP contribution < -0.4 is 0 Å². The molecule has 0 amide bonds. The van der Waals surface area contributed by atoms with E-state index in [0.717, 1.165) is 23.6 Å². The fourth-order valence-corrected chi connectivity index (χ4v) is 5.12. The molecule has 2 aliphatic heterocycles. The fourth-order valence-electron chi connectivity index (χ4n) is 5.12. The zero-order valence-corrected chi connectivity index (χ0v) is 17.1. The summed E-state index contributed by atoms with van der Waals surface area (Å²) in [6, 6.07) is 34.1. The van der Waals surface area contributed by atoms with Crippen molar-refractivity contribution in [3.63, 3.8) is 0 Å². The molecule has 31 heavy (non-hydrogen) atoms. The lowest BCUT2D eigenvalue weighted by Gasteiger charge is -2.60. The largest absolute Gasteiger partial charge is 0.472 e. The zero-order chi connectivity index (χ0) is 20.7. The Morgan fingerprint density at radius 3 is 1.97 bits per heavy atom. The maximum absolute atomic E-state index is 5.52. The van der Waals surface area contributed by atoms with E-state index in [1.807, 2.05) is 12.3 Å². The summed E-state index contributed by atoms with van der Waals surface area (Å²) in [6.45, 7) is 0.820. The Labute approximate surface area is 182 Å². The number of benzene rings is 3. The Hall–Kier alpha value is -3.85. The van der Waals surface area contributed by atoms with Crippen LogP contribution in [0.25, 0.3) is 5.70 Å². The summed E-state index contributed by atoms with van der Waals surface area (Å²) in [5.74, 6) is 1.09. The van der Waals surface area contributed by atoms with E-state index < -0.39 is 0 Å². The molecule has 1 atom stereocenters. The number of amidine groups is 1. The highest BCUT2D eigenvalue weighted by atomic mass is 16.3. The molecule has 0 N–H and O–H groups in total. The first-order valence-electron chi connectivity index (χ1n) is 10.6. The highest BCUT2D eigenvalue weighted by Crippen LogP contribution is 2.57. The minimum atomic E-state index is -0.374. The molecule has 4 aromatic rings. The third-order valence-electron chi connectivity index (χ3n) is 6.44. The van der Waals surface area contributed by atoms with Gasteiger partial charge in [-0.15, -0.1) is 0 Å². The summed E-state index contributed by atoms with van der Waals surface area (Å²) < 4.78 is 5.52. The van der Waals surface area contributed by atoms with Crippen molar-refractivity contribution in [2.75, 3.05) is 6.54 Å². The van der Waals surface area contributed by atoms with Gasteiger partial charge >= 0.3 is 0 Å². The molecule has 0 saturated carbocycles. The first-order chi connectivity index (χ1) is 15.4. The summed E-state index contributed by atoms with van der Waals surface area (Å²) in [7, 11) is 0. The van der Waals surface area contributed by atoms with Crippen LogP contribution in [0.15, 0.2) is 125 Å². The van der Waals surface area contributed by atoms with Gasteiger partial charge in [-0.2, -0.15) is 0 Å². The van der Waals surface area contributed by atoms with Gasteiger partial charge in [0.25, 0.3) is 0 Å². The van der Waals surface area contributed by atoms with Crippen molar-refractivity contribution in [1.29, 1.82) is 0 Å². The van der Waals surface area contributed by atoms with Gasteiger partial charge < -0.3 is 9.32 Å². The molecule has 150 valence electrons. The maximum atomic E-state index is 5.52. The highest BCUT2D eigenvalue weighted by Gasteiger charge is 2.61. The monoisotopic (exact) mass is 402 g/mol. The van der Waals surface area contributed by atoms with Crippen molar-refractivity contribution in [2.45, 2.75) is 11.5 Å². The van der Waals surface area contributed by atoms with Gasteiger partial charge in [0.1, 0.15) is 11.3 Å². The first-order valence-corrected chi connectivity index (χ1v) is 10.6. The van der Waals surface area contributed by atoms with Crippen molar-refractivity contribution in [3.05, 3.63) is 138 Å². The number of hydrogen-bond donors (Lipinski definition) is 0. The summed E-state index contributed by atoms with van der Waals surface area (Å²) >= 11 is 0. The molecule has 2 aliphatic rings. The van der Waals surface area contributed by atoms with Crippen LogP contribution in [0, 0.1) is 0 Å². The summed E-state index contributed by atoms with van der Waals surface area (Å²) in [4.78, 5) is 7.66. The van der Waals surface area contributed by atoms with Crippen LogP contribution in [-0.4, -0.2) is 17.3 Å². The number of furan rings is 1. The molecule has 1 fully saturated rings. The van der Waals surface area contributed by atoms with E-state index in [1.54, 1.807) is 6.26 Å². The number of aliphatic imine (C=N–C) groups is 1. The lowest BCUT2D eigenvalue weighted by Crippen LogP contribution is -2.67. The molecule has 6 rings (SSSR count). The fraction of sp³-hybridized carbons (Fsp3) is 0.107. The second kappa shape index (κ2) is 7.13. The molecule has 1 saturated heterocycles. The van der Waals surface area contributed by atoms with E-state index in [-0.39, 0.29) is 11.5 Å². The molecule has 3 aromatic carbocycles. The topological polar surface area (TPSA) is 28.7 Å². The van der Waals surface area contributed by atoms with E-state index in [9.17, 15) is 0 Å². The number of nitrogens with zero attached hydrogens (tertiary/aromatic N) is 2. The molecule has 1 aromatic heterocycles. The zero-order valence-electron chi connectivity index (χ0n) is 17.1. The molecule has 1 unspecified atom stereocenters.